The van der Waals surface area contributed by atoms with Gasteiger partial charge in [-0.3, -0.25) is 4.79 Å². The Kier molecular flexibility index (Phi) is 11.2. The van der Waals surface area contributed by atoms with Gasteiger partial charge in [0.1, 0.15) is 0 Å². The van der Waals surface area contributed by atoms with Crippen LogP contribution in [-0.4, -0.2) is 58.5 Å². The van der Waals surface area contributed by atoms with Gasteiger partial charge in [-0.25, -0.2) is 13.6 Å². The van der Waals surface area contributed by atoms with Crippen LogP contribution in [0.5, 0.6) is 0 Å². The number of carbonyl (C=O) groups excluding carboxylic acids is 1. The number of rotatable bonds is 7. The van der Waals surface area contributed by atoms with Crippen molar-refractivity contribution in [2.24, 2.45) is 5.14 Å². The fourth-order valence-corrected chi connectivity index (χ4v) is 2.99. The molecule has 0 radical (unpaired) electrons. The van der Waals surface area contributed by atoms with E-state index in [1.165, 1.54) is 12.1 Å². The first-order chi connectivity index (χ1) is 10.9. The molecule has 1 heterocycles. The molecule has 25 heavy (non-hydrogen) atoms. The SMILES string of the molecule is Cl.Cl.NS(=O)(=O)c1ccc(CCNC(=O)CCN2CCNCC2)cc1. The number of primary sulfonamides is 1. The lowest BCUT2D eigenvalue weighted by Gasteiger charge is -2.26. The minimum atomic E-state index is -3.65. The van der Waals surface area contributed by atoms with Gasteiger partial charge < -0.3 is 15.5 Å². The second kappa shape index (κ2) is 11.7. The summed E-state index contributed by atoms with van der Waals surface area (Å²) in [5, 5.41) is 11.2. The largest absolute Gasteiger partial charge is 0.356 e. The maximum Gasteiger partial charge on any atom is 0.238 e. The molecular weight excluding hydrogens is 387 g/mol. The summed E-state index contributed by atoms with van der Waals surface area (Å²) < 4.78 is 22.3. The molecule has 0 bridgehead atoms. The lowest BCUT2D eigenvalue weighted by atomic mass is 10.1. The smallest absolute Gasteiger partial charge is 0.238 e. The van der Waals surface area contributed by atoms with Crippen LogP contribution in [0.15, 0.2) is 29.2 Å². The Morgan fingerprint density at radius 1 is 1.16 bits per heavy atom. The number of halogens is 2. The van der Waals surface area contributed by atoms with Crippen molar-refractivity contribution in [3.63, 3.8) is 0 Å². The number of hydrogen-bond donors (Lipinski definition) is 3. The van der Waals surface area contributed by atoms with Crippen LogP contribution in [0.1, 0.15) is 12.0 Å². The maximum atomic E-state index is 11.8. The normalized spacial score (nSPS) is 14.9. The van der Waals surface area contributed by atoms with Crippen molar-refractivity contribution in [1.82, 2.24) is 15.5 Å². The zero-order chi connectivity index (χ0) is 16.7. The Bertz CT molecular complexity index is 620. The van der Waals surface area contributed by atoms with Crippen LogP contribution >= 0.6 is 24.8 Å². The van der Waals surface area contributed by atoms with Crippen LogP contribution in [0.2, 0.25) is 0 Å². The number of hydrogen-bond acceptors (Lipinski definition) is 5. The molecule has 0 spiro atoms. The highest BCUT2D eigenvalue weighted by atomic mass is 35.5. The highest BCUT2D eigenvalue weighted by Gasteiger charge is 2.11. The summed E-state index contributed by atoms with van der Waals surface area (Å²) >= 11 is 0. The molecule has 0 aliphatic carbocycles. The average molecular weight is 413 g/mol. The first kappa shape index (κ1) is 24.1. The van der Waals surface area contributed by atoms with Gasteiger partial charge in [0.2, 0.25) is 15.9 Å². The Labute approximate surface area is 161 Å². The van der Waals surface area contributed by atoms with E-state index in [-0.39, 0.29) is 35.6 Å². The van der Waals surface area contributed by atoms with E-state index in [1.807, 2.05) is 0 Å². The number of carbonyl (C=O) groups is 1. The predicted molar refractivity (Wildman–Crippen MR) is 103 cm³/mol. The minimum Gasteiger partial charge on any atom is -0.356 e. The molecule has 144 valence electrons. The first-order valence-corrected chi connectivity index (χ1v) is 9.31. The number of nitrogens with two attached hydrogens (primary N) is 1. The number of piperazine rings is 1. The molecule has 0 saturated carbocycles. The van der Waals surface area contributed by atoms with Crippen molar-refractivity contribution < 1.29 is 13.2 Å². The molecule has 7 nitrogen and oxygen atoms in total. The number of sulfonamides is 1. The van der Waals surface area contributed by atoms with Gasteiger partial charge in [-0.1, -0.05) is 12.1 Å². The van der Waals surface area contributed by atoms with E-state index in [9.17, 15) is 13.2 Å². The minimum absolute atomic E-state index is 0. The van der Waals surface area contributed by atoms with Gasteiger partial charge in [0.15, 0.2) is 0 Å². The highest BCUT2D eigenvalue weighted by Crippen LogP contribution is 2.08. The fourth-order valence-electron chi connectivity index (χ4n) is 2.47. The molecule has 1 aliphatic heterocycles. The van der Waals surface area contributed by atoms with E-state index in [0.717, 1.165) is 38.3 Å². The molecule has 1 fully saturated rings. The zero-order valence-corrected chi connectivity index (χ0v) is 16.4. The van der Waals surface area contributed by atoms with Gasteiger partial charge in [-0.15, -0.1) is 24.8 Å². The third-order valence-corrected chi connectivity index (χ3v) is 4.78. The van der Waals surface area contributed by atoms with Crippen LogP contribution in [0.4, 0.5) is 0 Å². The monoisotopic (exact) mass is 412 g/mol. The average Bonchev–Trinajstić information content (AvgIpc) is 2.53. The molecule has 1 saturated heterocycles. The van der Waals surface area contributed by atoms with Crippen molar-refractivity contribution >= 4 is 40.7 Å². The van der Waals surface area contributed by atoms with Crippen molar-refractivity contribution in [2.45, 2.75) is 17.7 Å². The quantitative estimate of drug-likeness (QED) is 0.590. The predicted octanol–water partition coefficient (Wildman–Crippen LogP) is 0.132. The molecule has 1 aromatic rings. The summed E-state index contributed by atoms with van der Waals surface area (Å²) in [6, 6.07) is 6.40. The van der Waals surface area contributed by atoms with Crippen molar-refractivity contribution in [3.05, 3.63) is 29.8 Å². The number of benzene rings is 1. The Morgan fingerprint density at radius 3 is 2.32 bits per heavy atom. The van der Waals surface area contributed by atoms with E-state index in [4.69, 9.17) is 5.14 Å². The van der Waals surface area contributed by atoms with Gasteiger partial charge in [0, 0.05) is 45.7 Å². The van der Waals surface area contributed by atoms with Gasteiger partial charge in [-0.2, -0.15) is 0 Å². The van der Waals surface area contributed by atoms with Gasteiger partial charge in [0.05, 0.1) is 4.90 Å². The molecule has 0 atom stereocenters. The standard InChI is InChI=1S/C15H24N4O3S.2ClH/c16-23(21,22)14-3-1-13(2-4-14)5-7-18-15(20)6-10-19-11-8-17-9-12-19;;/h1-4,17H,5-12H2,(H,18,20)(H2,16,21,22);2*1H. The first-order valence-electron chi connectivity index (χ1n) is 7.77. The van der Waals surface area contributed by atoms with E-state index in [2.05, 4.69) is 15.5 Å². The van der Waals surface area contributed by atoms with Crippen LogP contribution < -0.4 is 15.8 Å². The third kappa shape index (κ3) is 8.84. The van der Waals surface area contributed by atoms with E-state index in [1.54, 1.807) is 12.1 Å². The molecule has 0 unspecified atom stereocenters. The molecule has 2 rings (SSSR count). The molecule has 1 amide bonds. The Balaban J connectivity index is 0.00000288. The molecule has 0 aromatic heterocycles. The fraction of sp³-hybridized carbons (Fsp3) is 0.533. The van der Waals surface area contributed by atoms with Crippen molar-refractivity contribution in [2.75, 3.05) is 39.3 Å². The second-order valence-corrected chi connectivity index (χ2v) is 7.19. The number of nitrogens with zero attached hydrogens (tertiary/aromatic N) is 1. The molecule has 10 heteroatoms. The van der Waals surface area contributed by atoms with Gasteiger partial charge in [-0.05, 0) is 24.1 Å². The summed E-state index contributed by atoms with van der Waals surface area (Å²) in [7, 11) is -3.65. The Hall–Kier alpha value is -0.900. The zero-order valence-electron chi connectivity index (χ0n) is 13.9. The maximum absolute atomic E-state index is 11.8. The summed E-state index contributed by atoms with van der Waals surface area (Å²) in [4.78, 5) is 14.2. The van der Waals surface area contributed by atoms with Gasteiger partial charge in [0.25, 0.3) is 0 Å². The number of amides is 1. The lowest BCUT2D eigenvalue weighted by Crippen LogP contribution is -2.44. The van der Waals surface area contributed by atoms with E-state index >= 15 is 0 Å². The van der Waals surface area contributed by atoms with Crippen molar-refractivity contribution in [1.29, 1.82) is 0 Å². The summed E-state index contributed by atoms with van der Waals surface area (Å²) in [5.74, 6) is 0.0460. The van der Waals surface area contributed by atoms with Crippen LogP contribution in [-0.2, 0) is 21.2 Å². The summed E-state index contributed by atoms with van der Waals surface area (Å²) in [5.41, 5.74) is 0.958. The topological polar surface area (TPSA) is 105 Å². The van der Waals surface area contributed by atoms with Crippen LogP contribution in [0, 0.1) is 0 Å². The molecule has 1 aromatic carbocycles. The Morgan fingerprint density at radius 2 is 1.76 bits per heavy atom. The summed E-state index contributed by atoms with van der Waals surface area (Å²) in [6.45, 7) is 5.27. The number of nitrogens with one attached hydrogen (secondary N) is 2. The third-order valence-electron chi connectivity index (χ3n) is 3.85. The molecular formula is C15H26Cl2N4O3S. The van der Waals surface area contributed by atoms with Gasteiger partial charge >= 0.3 is 0 Å². The van der Waals surface area contributed by atoms with E-state index < -0.39 is 10.0 Å². The van der Waals surface area contributed by atoms with Crippen LogP contribution in [0.25, 0.3) is 0 Å². The van der Waals surface area contributed by atoms with Crippen LogP contribution in [0.3, 0.4) is 0 Å². The van der Waals surface area contributed by atoms with Crippen molar-refractivity contribution in [3.8, 4) is 0 Å². The highest BCUT2D eigenvalue weighted by molar-refractivity contribution is 7.89. The van der Waals surface area contributed by atoms with E-state index in [0.29, 0.717) is 19.4 Å². The summed E-state index contributed by atoms with van der Waals surface area (Å²) in [6.07, 6.45) is 1.16. The lowest BCUT2D eigenvalue weighted by molar-refractivity contribution is -0.121. The molecule has 4 N–H and O–H groups in total. The molecule has 1 aliphatic rings. The second-order valence-electron chi connectivity index (χ2n) is 5.63.